The van der Waals surface area contributed by atoms with Crippen molar-refractivity contribution < 1.29 is 9.47 Å². The summed E-state index contributed by atoms with van der Waals surface area (Å²) in [7, 11) is 1.64. The number of hydrogen-bond acceptors (Lipinski definition) is 2. The second-order valence-corrected chi connectivity index (χ2v) is 5.78. The van der Waals surface area contributed by atoms with Gasteiger partial charge in [-0.25, -0.2) is 0 Å². The summed E-state index contributed by atoms with van der Waals surface area (Å²) >= 11 is 3.62. The average Bonchev–Trinajstić information content (AvgIpc) is 2.46. The summed E-state index contributed by atoms with van der Waals surface area (Å²) in [6, 6.07) is 18.5. The largest absolute Gasteiger partial charge is 0.359 e. The first-order valence-electron chi connectivity index (χ1n) is 6.57. The second kappa shape index (κ2) is 7.02. The van der Waals surface area contributed by atoms with Crippen molar-refractivity contribution in [3.05, 3.63) is 70.2 Å². The van der Waals surface area contributed by atoms with E-state index < -0.39 is 5.60 Å². The van der Waals surface area contributed by atoms with E-state index in [0.29, 0.717) is 0 Å². The Hall–Kier alpha value is -1.16. The maximum absolute atomic E-state index is 6.00. The predicted octanol–water partition coefficient (Wildman–Crippen LogP) is 4.53. The van der Waals surface area contributed by atoms with E-state index in [1.807, 2.05) is 36.4 Å². The van der Waals surface area contributed by atoms with Gasteiger partial charge in [-0.1, -0.05) is 64.5 Å². The highest BCUT2D eigenvalue weighted by Gasteiger charge is 2.29. The van der Waals surface area contributed by atoms with Gasteiger partial charge in [0.1, 0.15) is 6.79 Å². The molecule has 2 nitrogen and oxygen atoms in total. The molecule has 2 aromatic carbocycles. The first-order chi connectivity index (χ1) is 9.65. The van der Waals surface area contributed by atoms with Crippen LogP contribution in [-0.2, 0) is 21.5 Å². The Morgan fingerprint density at radius 2 is 1.65 bits per heavy atom. The van der Waals surface area contributed by atoms with Crippen LogP contribution in [0.1, 0.15) is 18.1 Å². The van der Waals surface area contributed by atoms with Crippen LogP contribution in [-0.4, -0.2) is 13.9 Å². The van der Waals surface area contributed by atoms with Crippen molar-refractivity contribution in [3.63, 3.8) is 0 Å². The third kappa shape index (κ3) is 3.69. The van der Waals surface area contributed by atoms with Crippen molar-refractivity contribution >= 4 is 15.9 Å². The molecule has 0 spiro atoms. The minimum atomic E-state index is -0.433. The van der Waals surface area contributed by atoms with Gasteiger partial charge in [-0.3, -0.25) is 0 Å². The molecule has 0 saturated carbocycles. The minimum Gasteiger partial charge on any atom is -0.359 e. The molecular weight excluding hydrogens is 316 g/mol. The third-order valence-electron chi connectivity index (χ3n) is 3.32. The van der Waals surface area contributed by atoms with E-state index >= 15 is 0 Å². The molecule has 106 valence electrons. The fourth-order valence-corrected chi connectivity index (χ4v) is 2.99. The molecule has 0 unspecified atom stereocenters. The molecule has 2 rings (SSSR count). The molecule has 0 saturated heterocycles. The lowest BCUT2D eigenvalue weighted by Gasteiger charge is -2.31. The molecule has 20 heavy (non-hydrogen) atoms. The molecule has 0 aliphatic rings. The van der Waals surface area contributed by atoms with Crippen LogP contribution >= 0.6 is 15.9 Å². The maximum atomic E-state index is 6.00. The van der Waals surface area contributed by atoms with Crippen LogP contribution in [0.4, 0.5) is 0 Å². The monoisotopic (exact) mass is 334 g/mol. The molecule has 0 aromatic heterocycles. The average molecular weight is 335 g/mol. The summed E-state index contributed by atoms with van der Waals surface area (Å²) in [5.41, 5.74) is 1.93. The maximum Gasteiger partial charge on any atom is 0.147 e. The number of benzene rings is 2. The van der Waals surface area contributed by atoms with Crippen LogP contribution < -0.4 is 0 Å². The standard InChI is InChI=1S/C17H19BrO2/c1-17(20-13-19-2,12-14-8-4-3-5-9-14)15-10-6-7-11-16(15)18/h3-11H,12-13H2,1-2H3/t17-/m0/s1. The molecular formula is C17H19BrO2. The Bertz CT molecular complexity index is 542. The normalized spacial score (nSPS) is 13.9. The first kappa shape index (κ1) is 15.2. The van der Waals surface area contributed by atoms with Gasteiger partial charge in [0.2, 0.25) is 0 Å². The van der Waals surface area contributed by atoms with Gasteiger partial charge in [0, 0.05) is 18.0 Å². The van der Waals surface area contributed by atoms with Crippen molar-refractivity contribution in [1.82, 2.24) is 0 Å². The predicted molar refractivity (Wildman–Crippen MR) is 84.6 cm³/mol. The molecule has 3 heteroatoms. The lowest BCUT2D eigenvalue weighted by molar-refractivity contribution is -0.127. The van der Waals surface area contributed by atoms with Crippen molar-refractivity contribution in [2.75, 3.05) is 13.9 Å². The van der Waals surface area contributed by atoms with Crippen LogP contribution in [0.2, 0.25) is 0 Å². The van der Waals surface area contributed by atoms with Gasteiger partial charge in [-0.2, -0.15) is 0 Å². The summed E-state index contributed by atoms with van der Waals surface area (Å²) in [5, 5.41) is 0. The fourth-order valence-electron chi connectivity index (χ4n) is 2.29. The summed E-state index contributed by atoms with van der Waals surface area (Å²) in [6.45, 7) is 2.36. The van der Waals surface area contributed by atoms with E-state index in [1.54, 1.807) is 7.11 Å². The lowest BCUT2D eigenvalue weighted by atomic mass is 9.89. The van der Waals surface area contributed by atoms with Crippen molar-refractivity contribution in [2.45, 2.75) is 18.9 Å². The van der Waals surface area contributed by atoms with Gasteiger partial charge in [0.25, 0.3) is 0 Å². The third-order valence-corrected chi connectivity index (χ3v) is 4.01. The van der Waals surface area contributed by atoms with E-state index in [9.17, 15) is 0 Å². The van der Waals surface area contributed by atoms with E-state index in [2.05, 4.69) is 41.1 Å². The molecule has 0 N–H and O–H groups in total. The zero-order valence-electron chi connectivity index (χ0n) is 11.8. The molecule has 0 fully saturated rings. The summed E-state index contributed by atoms with van der Waals surface area (Å²) < 4.78 is 12.1. The molecule has 0 aliphatic heterocycles. The van der Waals surface area contributed by atoms with Gasteiger partial charge in [0.15, 0.2) is 0 Å². The van der Waals surface area contributed by atoms with Crippen LogP contribution in [0.5, 0.6) is 0 Å². The number of rotatable bonds is 6. The van der Waals surface area contributed by atoms with Crippen molar-refractivity contribution in [2.24, 2.45) is 0 Å². The summed E-state index contributed by atoms with van der Waals surface area (Å²) in [6.07, 6.45) is 0.791. The lowest BCUT2D eigenvalue weighted by Crippen LogP contribution is -2.30. The quantitative estimate of drug-likeness (QED) is 0.722. The molecule has 0 heterocycles. The molecule has 0 amide bonds. The Balaban J connectivity index is 2.32. The van der Waals surface area contributed by atoms with Crippen molar-refractivity contribution in [1.29, 1.82) is 0 Å². The zero-order valence-corrected chi connectivity index (χ0v) is 13.4. The highest BCUT2D eigenvalue weighted by molar-refractivity contribution is 9.10. The Morgan fingerprint density at radius 3 is 2.30 bits per heavy atom. The number of hydrogen-bond donors (Lipinski definition) is 0. The SMILES string of the molecule is COCO[C@@](C)(Cc1ccccc1)c1ccccc1Br. The van der Waals surface area contributed by atoms with Crippen LogP contribution in [0.25, 0.3) is 0 Å². The molecule has 0 radical (unpaired) electrons. The Labute approximate surface area is 128 Å². The topological polar surface area (TPSA) is 18.5 Å². The van der Waals surface area contributed by atoms with Crippen LogP contribution in [0.3, 0.4) is 0 Å². The Morgan fingerprint density at radius 1 is 1.00 bits per heavy atom. The van der Waals surface area contributed by atoms with Crippen LogP contribution in [0.15, 0.2) is 59.1 Å². The molecule has 1 atom stereocenters. The van der Waals surface area contributed by atoms with Gasteiger partial charge in [0.05, 0.1) is 5.60 Å². The smallest absolute Gasteiger partial charge is 0.147 e. The number of halogens is 1. The van der Waals surface area contributed by atoms with Crippen LogP contribution in [0, 0.1) is 0 Å². The highest BCUT2D eigenvalue weighted by atomic mass is 79.9. The van der Waals surface area contributed by atoms with E-state index in [4.69, 9.17) is 9.47 Å². The summed E-state index contributed by atoms with van der Waals surface area (Å²) in [4.78, 5) is 0. The molecule has 0 aliphatic carbocycles. The van der Waals surface area contributed by atoms with Gasteiger partial charge < -0.3 is 9.47 Å². The highest BCUT2D eigenvalue weighted by Crippen LogP contribution is 2.34. The first-order valence-corrected chi connectivity index (χ1v) is 7.37. The number of ether oxygens (including phenoxy) is 2. The van der Waals surface area contributed by atoms with E-state index in [0.717, 1.165) is 16.5 Å². The van der Waals surface area contributed by atoms with Crippen molar-refractivity contribution in [3.8, 4) is 0 Å². The van der Waals surface area contributed by atoms with E-state index in [-0.39, 0.29) is 6.79 Å². The zero-order chi connectivity index (χ0) is 14.4. The second-order valence-electron chi connectivity index (χ2n) is 4.92. The summed E-state index contributed by atoms with van der Waals surface area (Å²) in [5.74, 6) is 0. The van der Waals surface area contributed by atoms with Gasteiger partial charge in [-0.05, 0) is 24.1 Å². The van der Waals surface area contributed by atoms with Gasteiger partial charge >= 0.3 is 0 Å². The molecule has 0 bridgehead atoms. The number of methoxy groups -OCH3 is 1. The Kier molecular flexibility index (Phi) is 5.35. The minimum absolute atomic E-state index is 0.269. The van der Waals surface area contributed by atoms with E-state index in [1.165, 1.54) is 5.56 Å². The fraction of sp³-hybridized carbons (Fsp3) is 0.294. The molecule has 2 aromatic rings. The van der Waals surface area contributed by atoms with Gasteiger partial charge in [-0.15, -0.1) is 0 Å².